The molecule has 2 aromatic rings. The van der Waals surface area contributed by atoms with Gasteiger partial charge in [-0.25, -0.2) is 12.8 Å². The molecule has 0 saturated carbocycles. The van der Waals surface area contributed by atoms with Gasteiger partial charge in [0.1, 0.15) is 15.7 Å². The molecule has 1 heterocycles. The van der Waals surface area contributed by atoms with E-state index in [0.29, 0.717) is 5.01 Å². The molecule has 0 aliphatic rings. The van der Waals surface area contributed by atoms with Crippen molar-refractivity contribution in [2.24, 2.45) is 0 Å². The fourth-order valence-corrected chi connectivity index (χ4v) is 3.85. The smallest absolute Gasteiger partial charge is 0.253 e. The van der Waals surface area contributed by atoms with Gasteiger partial charge in [0.15, 0.2) is 0 Å². The van der Waals surface area contributed by atoms with Crippen molar-refractivity contribution in [2.45, 2.75) is 24.7 Å². The van der Waals surface area contributed by atoms with Gasteiger partial charge in [0.05, 0.1) is 5.02 Å². The van der Waals surface area contributed by atoms with Crippen LogP contribution in [0.2, 0.25) is 5.02 Å². The normalized spacial score (nSPS) is 11.8. The van der Waals surface area contributed by atoms with Gasteiger partial charge >= 0.3 is 0 Å². The van der Waals surface area contributed by atoms with E-state index in [9.17, 15) is 12.8 Å². The summed E-state index contributed by atoms with van der Waals surface area (Å²) in [6.07, 6.45) is 0. The fraction of sp³-hybridized carbons (Fsp3) is 0.273. The Morgan fingerprint density at radius 2 is 2.05 bits per heavy atom. The maximum Gasteiger partial charge on any atom is 0.265 e. The summed E-state index contributed by atoms with van der Waals surface area (Å²) in [4.78, 5) is -0.333. The average Bonchev–Trinajstić information content (AvgIpc) is 2.80. The quantitative estimate of drug-likeness (QED) is 0.930. The van der Waals surface area contributed by atoms with Gasteiger partial charge in [-0.3, -0.25) is 4.72 Å². The minimum absolute atomic E-state index is 0.0625. The number of halogens is 2. The summed E-state index contributed by atoms with van der Waals surface area (Å²) in [5.41, 5.74) is 0. The molecule has 108 valence electrons. The van der Waals surface area contributed by atoms with Crippen molar-refractivity contribution < 1.29 is 12.8 Å². The van der Waals surface area contributed by atoms with Crippen LogP contribution in [0.4, 0.5) is 9.52 Å². The number of hydrogen-bond acceptors (Lipinski definition) is 5. The standard InChI is InChI=1S/C11H11ClFN3O2S2/c1-6(2)10-14-15-11(19-10)16-20(17,18)9-5-7(13)3-4-8(9)12/h3-6H,1-2H3,(H,15,16). The minimum atomic E-state index is -3.99. The van der Waals surface area contributed by atoms with Gasteiger partial charge in [-0.15, -0.1) is 10.2 Å². The predicted molar refractivity (Wildman–Crippen MR) is 76.2 cm³/mol. The fourth-order valence-electron chi connectivity index (χ4n) is 1.36. The summed E-state index contributed by atoms with van der Waals surface area (Å²) < 4.78 is 39.7. The molecule has 0 aliphatic carbocycles. The largest absolute Gasteiger partial charge is 0.265 e. The predicted octanol–water partition coefficient (Wildman–Crippen LogP) is 3.25. The molecule has 0 amide bonds. The Bertz CT molecular complexity index is 731. The third-order valence-corrected chi connectivity index (χ3v) is 5.43. The molecule has 1 aromatic heterocycles. The summed E-state index contributed by atoms with van der Waals surface area (Å²) in [6, 6.07) is 3.13. The van der Waals surface area contributed by atoms with Crippen molar-refractivity contribution in [2.75, 3.05) is 4.72 Å². The van der Waals surface area contributed by atoms with Crippen LogP contribution in [0, 0.1) is 5.82 Å². The number of sulfonamides is 1. The molecule has 0 bridgehead atoms. The zero-order valence-corrected chi connectivity index (χ0v) is 13.0. The molecule has 5 nitrogen and oxygen atoms in total. The van der Waals surface area contributed by atoms with Crippen molar-refractivity contribution in [3.05, 3.63) is 34.0 Å². The van der Waals surface area contributed by atoms with Gasteiger partial charge in [0, 0.05) is 5.92 Å². The van der Waals surface area contributed by atoms with Crippen LogP contribution in [0.25, 0.3) is 0 Å². The van der Waals surface area contributed by atoms with Gasteiger partial charge < -0.3 is 0 Å². The van der Waals surface area contributed by atoms with Crippen molar-refractivity contribution in [3.63, 3.8) is 0 Å². The third-order valence-electron chi connectivity index (χ3n) is 2.34. The van der Waals surface area contributed by atoms with E-state index in [4.69, 9.17) is 11.6 Å². The van der Waals surface area contributed by atoms with E-state index < -0.39 is 15.8 Å². The number of nitrogens with zero attached hydrogens (tertiary/aromatic N) is 2. The van der Waals surface area contributed by atoms with Crippen LogP contribution in [0.3, 0.4) is 0 Å². The van der Waals surface area contributed by atoms with Crippen molar-refractivity contribution in [1.82, 2.24) is 10.2 Å². The van der Waals surface area contributed by atoms with E-state index in [2.05, 4.69) is 14.9 Å². The lowest BCUT2D eigenvalue weighted by Crippen LogP contribution is -2.13. The lowest BCUT2D eigenvalue weighted by Gasteiger charge is -2.06. The number of hydrogen-bond donors (Lipinski definition) is 1. The lowest BCUT2D eigenvalue weighted by molar-refractivity contribution is 0.595. The summed E-state index contributed by atoms with van der Waals surface area (Å²) in [5.74, 6) is -0.543. The van der Waals surface area contributed by atoms with Crippen LogP contribution in [0.1, 0.15) is 24.8 Å². The van der Waals surface area contributed by atoms with E-state index in [1.165, 1.54) is 6.07 Å². The number of aromatic nitrogens is 2. The summed E-state index contributed by atoms with van der Waals surface area (Å²) in [7, 11) is -3.99. The first-order valence-corrected chi connectivity index (χ1v) is 8.28. The number of benzene rings is 1. The Morgan fingerprint density at radius 3 is 2.65 bits per heavy atom. The second-order valence-corrected chi connectivity index (χ2v) is 7.35. The van der Waals surface area contributed by atoms with Gasteiger partial charge in [0.25, 0.3) is 10.0 Å². The van der Waals surface area contributed by atoms with E-state index in [0.717, 1.165) is 23.5 Å². The number of anilines is 1. The van der Waals surface area contributed by atoms with Gasteiger partial charge in [-0.1, -0.05) is 36.8 Å². The lowest BCUT2D eigenvalue weighted by atomic mass is 10.2. The van der Waals surface area contributed by atoms with Gasteiger partial charge in [-0.05, 0) is 18.2 Å². The molecule has 9 heteroatoms. The first-order valence-electron chi connectivity index (χ1n) is 5.61. The molecular formula is C11H11ClFN3O2S2. The van der Waals surface area contributed by atoms with Crippen molar-refractivity contribution in [3.8, 4) is 0 Å². The first kappa shape index (κ1) is 15.1. The maximum absolute atomic E-state index is 13.2. The van der Waals surface area contributed by atoms with Crippen LogP contribution in [0.5, 0.6) is 0 Å². The Morgan fingerprint density at radius 1 is 1.35 bits per heavy atom. The Hall–Kier alpha value is -1.25. The zero-order valence-electron chi connectivity index (χ0n) is 10.6. The maximum atomic E-state index is 13.2. The monoisotopic (exact) mass is 335 g/mol. The minimum Gasteiger partial charge on any atom is -0.253 e. The van der Waals surface area contributed by atoms with Gasteiger partial charge in [0.2, 0.25) is 5.13 Å². The summed E-state index contributed by atoms with van der Waals surface area (Å²) >= 11 is 6.91. The van der Waals surface area contributed by atoms with Crippen LogP contribution >= 0.6 is 22.9 Å². The van der Waals surface area contributed by atoms with Crippen LogP contribution < -0.4 is 4.72 Å². The van der Waals surface area contributed by atoms with E-state index in [1.807, 2.05) is 13.8 Å². The molecule has 1 aromatic carbocycles. The molecule has 0 saturated heterocycles. The molecule has 0 atom stereocenters. The molecule has 2 rings (SSSR count). The van der Waals surface area contributed by atoms with Crippen LogP contribution in [-0.4, -0.2) is 18.6 Å². The van der Waals surface area contributed by atoms with E-state index in [-0.39, 0.29) is 21.0 Å². The third kappa shape index (κ3) is 3.25. The Labute approximate surface area is 124 Å². The number of nitrogens with one attached hydrogen (secondary N) is 1. The second kappa shape index (κ2) is 5.63. The highest BCUT2D eigenvalue weighted by atomic mass is 35.5. The van der Waals surface area contributed by atoms with E-state index in [1.54, 1.807) is 0 Å². The van der Waals surface area contributed by atoms with Crippen LogP contribution in [0.15, 0.2) is 23.1 Å². The Kier molecular flexibility index (Phi) is 4.26. The molecule has 0 radical (unpaired) electrons. The van der Waals surface area contributed by atoms with Crippen LogP contribution in [-0.2, 0) is 10.0 Å². The van der Waals surface area contributed by atoms with Crippen molar-refractivity contribution in [1.29, 1.82) is 0 Å². The molecule has 0 fully saturated rings. The molecule has 0 spiro atoms. The van der Waals surface area contributed by atoms with Gasteiger partial charge in [-0.2, -0.15) is 0 Å². The molecule has 0 aliphatic heterocycles. The Balaban J connectivity index is 2.33. The van der Waals surface area contributed by atoms with E-state index >= 15 is 0 Å². The average molecular weight is 336 g/mol. The second-order valence-electron chi connectivity index (χ2n) is 4.28. The molecule has 1 N–H and O–H groups in total. The topological polar surface area (TPSA) is 72.0 Å². The highest BCUT2D eigenvalue weighted by molar-refractivity contribution is 7.93. The van der Waals surface area contributed by atoms with Crippen molar-refractivity contribution >= 4 is 38.1 Å². The summed E-state index contributed by atoms with van der Waals surface area (Å²) in [6.45, 7) is 3.84. The molecule has 20 heavy (non-hydrogen) atoms. The molecular weight excluding hydrogens is 325 g/mol. The number of rotatable bonds is 4. The summed E-state index contributed by atoms with van der Waals surface area (Å²) in [5, 5.41) is 8.37. The zero-order chi connectivity index (χ0) is 14.9. The SMILES string of the molecule is CC(C)c1nnc(NS(=O)(=O)c2cc(F)ccc2Cl)s1. The molecule has 0 unspecified atom stereocenters. The first-order chi connectivity index (χ1) is 9.29. The highest BCUT2D eigenvalue weighted by Crippen LogP contribution is 2.27. The highest BCUT2D eigenvalue weighted by Gasteiger charge is 2.21.